The molecule has 0 saturated heterocycles. The highest BCUT2D eigenvalue weighted by Gasteiger charge is 2.22. The maximum absolute atomic E-state index is 12.5. The van der Waals surface area contributed by atoms with Gasteiger partial charge in [0.1, 0.15) is 6.10 Å². The molecule has 5 heteroatoms. The van der Waals surface area contributed by atoms with Crippen LogP contribution in [0.25, 0.3) is 0 Å². The van der Waals surface area contributed by atoms with Crippen molar-refractivity contribution in [3.8, 4) is 0 Å². The van der Waals surface area contributed by atoms with Gasteiger partial charge in [-0.05, 0) is 44.9 Å². The number of hydrogen-bond donors (Lipinski definition) is 4. The summed E-state index contributed by atoms with van der Waals surface area (Å²) in [6.07, 6.45) is 53.6. The first kappa shape index (κ1) is 51.8. The van der Waals surface area contributed by atoms with Gasteiger partial charge in [-0.15, -0.1) is 0 Å². The summed E-state index contributed by atoms with van der Waals surface area (Å²) in [5, 5.41) is 33.2. The van der Waals surface area contributed by atoms with Crippen molar-refractivity contribution >= 4 is 5.91 Å². The maximum atomic E-state index is 12.5. The smallest absolute Gasteiger partial charge is 0.249 e. The average Bonchev–Trinajstić information content (AvgIpc) is 3.16. The summed E-state index contributed by atoms with van der Waals surface area (Å²) >= 11 is 0. The number of amides is 1. The Morgan fingerprint density at radius 2 is 0.755 bits per heavy atom. The van der Waals surface area contributed by atoms with Gasteiger partial charge in [0.25, 0.3) is 0 Å². The molecule has 0 bridgehead atoms. The summed E-state index contributed by atoms with van der Waals surface area (Å²) in [7, 11) is 0. The van der Waals surface area contributed by atoms with Crippen LogP contribution in [-0.2, 0) is 4.79 Å². The van der Waals surface area contributed by atoms with E-state index >= 15 is 0 Å². The number of allylic oxidation sites excluding steroid dienone is 3. The summed E-state index contributed by atoms with van der Waals surface area (Å²) in [5.41, 5.74) is 0. The van der Waals surface area contributed by atoms with Gasteiger partial charge in [-0.3, -0.25) is 4.79 Å². The number of aliphatic hydroxyl groups excluding tert-OH is 3. The van der Waals surface area contributed by atoms with Gasteiger partial charge in [0.2, 0.25) is 5.91 Å². The van der Waals surface area contributed by atoms with E-state index in [1.54, 1.807) is 6.08 Å². The minimum Gasteiger partial charge on any atom is -0.394 e. The summed E-state index contributed by atoms with van der Waals surface area (Å²) in [6.45, 7) is 4.20. The van der Waals surface area contributed by atoms with Crippen LogP contribution in [-0.4, -0.2) is 46.1 Å². The van der Waals surface area contributed by atoms with Crippen molar-refractivity contribution in [1.29, 1.82) is 0 Å². The Morgan fingerprint density at radius 3 is 1.09 bits per heavy atom. The summed E-state index contributed by atoms with van der Waals surface area (Å²) < 4.78 is 0. The van der Waals surface area contributed by atoms with E-state index in [0.29, 0.717) is 6.42 Å². The van der Waals surface area contributed by atoms with Crippen LogP contribution in [0.1, 0.15) is 251 Å². The lowest BCUT2D eigenvalue weighted by molar-refractivity contribution is -0.131. The number of nitrogens with one attached hydrogen (secondary N) is 1. The third-order valence-electron chi connectivity index (χ3n) is 11.0. The van der Waals surface area contributed by atoms with E-state index < -0.39 is 24.2 Å². The van der Waals surface area contributed by atoms with Gasteiger partial charge in [-0.1, -0.05) is 231 Å². The molecule has 0 aliphatic heterocycles. The Balaban J connectivity index is 3.64. The van der Waals surface area contributed by atoms with Crippen LogP contribution in [0.5, 0.6) is 0 Å². The van der Waals surface area contributed by atoms with Gasteiger partial charge in [0.15, 0.2) is 0 Å². The fourth-order valence-corrected chi connectivity index (χ4v) is 7.30. The molecule has 3 unspecified atom stereocenters. The van der Waals surface area contributed by atoms with Crippen LogP contribution in [0, 0.1) is 0 Å². The molecule has 0 aliphatic carbocycles. The molecule has 0 aromatic carbocycles. The highest BCUT2D eigenvalue weighted by molar-refractivity contribution is 5.80. The Bertz CT molecular complexity index is 784. The molecule has 0 aliphatic rings. The van der Waals surface area contributed by atoms with E-state index in [2.05, 4.69) is 31.3 Å². The van der Waals surface area contributed by atoms with Crippen LogP contribution < -0.4 is 5.32 Å². The van der Waals surface area contributed by atoms with E-state index in [-0.39, 0.29) is 6.61 Å². The second-order valence-electron chi connectivity index (χ2n) is 16.3. The number of hydrogen-bond acceptors (Lipinski definition) is 4. The van der Waals surface area contributed by atoms with Crippen molar-refractivity contribution in [3.63, 3.8) is 0 Å². The quantitative estimate of drug-likeness (QED) is 0.0369. The van der Waals surface area contributed by atoms with Gasteiger partial charge < -0.3 is 20.6 Å². The first-order chi connectivity index (χ1) is 26.1. The molecule has 0 rings (SSSR count). The van der Waals surface area contributed by atoms with Crippen molar-refractivity contribution in [3.05, 3.63) is 24.3 Å². The number of rotatable bonds is 43. The first-order valence-electron chi connectivity index (χ1n) is 23.7. The van der Waals surface area contributed by atoms with Crippen LogP contribution in [0.15, 0.2) is 24.3 Å². The highest BCUT2D eigenvalue weighted by Crippen LogP contribution is 2.16. The third-order valence-corrected chi connectivity index (χ3v) is 11.0. The Morgan fingerprint density at radius 1 is 0.453 bits per heavy atom. The predicted molar refractivity (Wildman–Crippen MR) is 231 cm³/mol. The standard InChI is InChI=1S/C48H93NO4/c1-3-5-7-9-11-13-15-17-19-21-22-23-24-25-27-29-31-33-35-37-39-41-43-47(52)48(53)49-45(44-50)46(51)42-40-38-36-34-32-30-28-26-20-18-16-14-12-10-8-6-4-2/h25,27,40,42,45-47,50-52H,3-24,26,28-39,41,43-44H2,1-2H3,(H,49,53)/b27-25-,42-40+. The molecule has 0 heterocycles. The lowest BCUT2D eigenvalue weighted by atomic mass is 10.0. The average molecular weight is 748 g/mol. The summed E-state index contributed by atoms with van der Waals surface area (Å²) in [5.74, 6) is -0.505. The van der Waals surface area contributed by atoms with Gasteiger partial charge in [-0.2, -0.15) is 0 Å². The van der Waals surface area contributed by atoms with E-state index in [9.17, 15) is 20.1 Å². The SMILES string of the molecule is CCCCCCCCCCCCCC/C=C\CCCCCCCCC(O)C(=O)NC(CO)C(O)/C=C/CCCCCCCCCCCCCCCCC. The molecular formula is C48H93NO4. The molecule has 3 atom stereocenters. The molecule has 0 spiro atoms. The molecule has 5 nitrogen and oxygen atoms in total. The van der Waals surface area contributed by atoms with E-state index in [0.717, 1.165) is 32.1 Å². The second-order valence-corrected chi connectivity index (χ2v) is 16.3. The monoisotopic (exact) mass is 748 g/mol. The molecule has 0 saturated carbocycles. The largest absolute Gasteiger partial charge is 0.394 e. The Labute approximate surface area is 331 Å². The third kappa shape index (κ3) is 38.9. The molecule has 0 radical (unpaired) electrons. The Kier molecular flexibility index (Phi) is 42.6. The fourth-order valence-electron chi connectivity index (χ4n) is 7.30. The van der Waals surface area contributed by atoms with Crippen molar-refractivity contribution in [2.24, 2.45) is 0 Å². The second kappa shape index (κ2) is 43.6. The fraction of sp³-hybridized carbons (Fsp3) is 0.896. The van der Waals surface area contributed by atoms with Gasteiger partial charge in [0.05, 0.1) is 18.8 Å². The molecule has 0 aromatic rings. The van der Waals surface area contributed by atoms with Crippen molar-refractivity contribution < 1.29 is 20.1 Å². The molecule has 53 heavy (non-hydrogen) atoms. The molecule has 0 fully saturated rings. The highest BCUT2D eigenvalue weighted by atomic mass is 16.3. The first-order valence-corrected chi connectivity index (χ1v) is 23.7. The van der Waals surface area contributed by atoms with E-state index in [1.807, 2.05) is 6.08 Å². The topological polar surface area (TPSA) is 89.8 Å². The van der Waals surface area contributed by atoms with Crippen LogP contribution >= 0.6 is 0 Å². The van der Waals surface area contributed by atoms with Crippen molar-refractivity contribution in [2.75, 3.05) is 6.61 Å². The minimum atomic E-state index is -1.10. The van der Waals surface area contributed by atoms with Crippen LogP contribution in [0.3, 0.4) is 0 Å². The molecular weight excluding hydrogens is 655 g/mol. The Hall–Kier alpha value is -1.17. The summed E-state index contributed by atoms with van der Waals surface area (Å²) in [4.78, 5) is 12.5. The molecule has 314 valence electrons. The minimum absolute atomic E-state index is 0.364. The number of aliphatic hydroxyl groups is 3. The molecule has 0 aromatic heterocycles. The van der Waals surface area contributed by atoms with Crippen LogP contribution in [0.4, 0.5) is 0 Å². The van der Waals surface area contributed by atoms with E-state index in [4.69, 9.17) is 0 Å². The van der Waals surface area contributed by atoms with Gasteiger partial charge in [-0.25, -0.2) is 0 Å². The summed E-state index contributed by atoms with van der Waals surface area (Å²) in [6, 6.07) is -0.798. The molecule has 1 amide bonds. The number of unbranched alkanes of at least 4 members (excludes halogenated alkanes) is 33. The van der Waals surface area contributed by atoms with Gasteiger partial charge in [0, 0.05) is 0 Å². The van der Waals surface area contributed by atoms with Crippen LogP contribution in [0.2, 0.25) is 0 Å². The zero-order valence-corrected chi connectivity index (χ0v) is 35.7. The van der Waals surface area contributed by atoms with Gasteiger partial charge >= 0.3 is 0 Å². The van der Waals surface area contributed by atoms with Crippen molar-refractivity contribution in [2.45, 2.75) is 270 Å². The van der Waals surface area contributed by atoms with E-state index in [1.165, 1.54) is 199 Å². The zero-order valence-electron chi connectivity index (χ0n) is 35.7. The lowest BCUT2D eigenvalue weighted by Crippen LogP contribution is -2.48. The maximum Gasteiger partial charge on any atom is 0.249 e. The van der Waals surface area contributed by atoms with Crippen molar-refractivity contribution in [1.82, 2.24) is 5.32 Å². The zero-order chi connectivity index (χ0) is 38.7. The molecule has 4 N–H and O–H groups in total. The predicted octanol–water partition coefficient (Wildman–Crippen LogP) is 13.8. The normalized spacial score (nSPS) is 13.7. The lowest BCUT2D eigenvalue weighted by Gasteiger charge is -2.21. The number of carbonyl (C=O) groups excluding carboxylic acids is 1. The number of carbonyl (C=O) groups is 1.